The summed E-state index contributed by atoms with van der Waals surface area (Å²) >= 11 is 0. The number of benzene rings is 2. The second-order valence-corrected chi connectivity index (χ2v) is 7.67. The SMILES string of the molecule is C/C=C/CCC1CCC(c2ccc(-c3cc(F)c(C)c(F)c3)c(F)c2)CC1. The molecule has 1 fully saturated rings. The van der Waals surface area contributed by atoms with Gasteiger partial charge in [0, 0.05) is 11.1 Å². The van der Waals surface area contributed by atoms with Gasteiger partial charge in [-0.15, -0.1) is 0 Å². The lowest BCUT2D eigenvalue weighted by molar-refractivity contribution is 0.311. The van der Waals surface area contributed by atoms with Crippen LogP contribution in [0.15, 0.2) is 42.5 Å². The van der Waals surface area contributed by atoms with Crippen LogP contribution in [0.4, 0.5) is 13.2 Å². The van der Waals surface area contributed by atoms with Crippen molar-refractivity contribution < 1.29 is 13.2 Å². The zero-order valence-corrected chi connectivity index (χ0v) is 16.1. The highest BCUT2D eigenvalue weighted by Crippen LogP contribution is 2.39. The van der Waals surface area contributed by atoms with Crippen LogP contribution >= 0.6 is 0 Å². The molecule has 0 radical (unpaired) electrons. The minimum Gasteiger partial charge on any atom is -0.207 e. The number of hydrogen-bond donors (Lipinski definition) is 0. The fourth-order valence-electron chi connectivity index (χ4n) is 4.10. The van der Waals surface area contributed by atoms with Gasteiger partial charge in [0.2, 0.25) is 0 Å². The third kappa shape index (κ3) is 4.63. The largest absolute Gasteiger partial charge is 0.207 e. The Hall–Kier alpha value is -2.03. The third-order valence-corrected chi connectivity index (χ3v) is 5.88. The van der Waals surface area contributed by atoms with Crippen molar-refractivity contribution >= 4 is 0 Å². The van der Waals surface area contributed by atoms with Crippen LogP contribution in [0.1, 0.15) is 62.5 Å². The fourth-order valence-corrected chi connectivity index (χ4v) is 4.10. The van der Waals surface area contributed by atoms with Gasteiger partial charge in [-0.25, -0.2) is 13.2 Å². The Morgan fingerprint density at radius 1 is 0.926 bits per heavy atom. The van der Waals surface area contributed by atoms with Gasteiger partial charge in [-0.05, 0) is 93.5 Å². The molecule has 0 bridgehead atoms. The quantitative estimate of drug-likeness (QED) is 0.472. The van der Waals surface area contributed by atoms with E-state index >= 15 is 0 Å². The maximum atomic E-state index is 14.7. The second-order valence-electron chi connectivity index (χ2n) is 7.67. The van der Waals surface area contributed by atoms with Crippen molar-refractivity contribution in [2.75, 3.05) is 0 Å². The van der Waals surface area contributed by atoms with Crippen molar-refractivity contribution in [3.63, 3.8) is 0 Å². The van der Waals surface area contributed by atoms with E-state index in [2.05, 4.69) is 19.1 Å². The molecule has 0 amide bonds. The summed E-state index contributed by atoms with van der Waals surface area (Å²) in [6.07, 6.45) is 11.2. The van der Waals surface area contributed by atoms with Gasteiger partial charge in [-0.1, -0.05) is 24.3 Å². The summed E-state index contributed by atoms with van der Waals surface area (Å²) < 4.78 is 42.3. The standard InChI is InChI=1S/C24H27F3/c1-3-4-5-6-17-7-9-18(10-8-17)19-11-12-21(24(27)13-19)20-14-22(25)16(2)23(26)15-20/h3-4,11-15,17-18H,5-10H2,1-2H3/b4-3+. The van der Waals surface area contributed by atoms with Gasteiger partial charge in [0.05, 0.1) is 0 Å². The van der Waals surface area contributed by atoms with Gasteiger partial charge >= 0.3 is 0 Å². The monoisotopic (exact) mass is 372 g/mol. The van der Waals surface area contributed by atoms with Gasteiger partial charge in [0.25, 0.3) is 0 Å². The summed E-state index contributed by atoms with van der Waals surface area (Å²) in [4.78, 5) is 0. The molecule has 0 aromatic heterocycles. The van der Waals surface area contributed by atoms with E-state index in [1.807, 2.05) is 6.07 Å². The Balaban J connectivity index is 1.71. The normalized spacial score (nSPS) is 20.3. The molecule has 2 aromatic carbocycles. The van der Waals surface area contributed by atoms with E-state index in [1.165, 1.54) is 38.3 Å². The zero-order valence-electron chi connectivity index (χ0n) is 16.1. The highest BCUT2D eigenvalue weighted by Gasteiger charge is 2.23. The van der Waals surface area contributed by atoms with E-state index in [9.17, 15) is 13.2 Å². The van der Waals surface area contributed by atoms with Gasteiger partial charge in [-0.3, -0.25) is 0 Å². The molecular weight excluding hydrogens is 345 g/mol. The molecule has 1 saturated carbocycles. The highest BCUT2D eigenvalue weighted by atomic mass is 19.1. The van der Waals surface area contributed by atoms with E-state index in [0.717, 1.165) is 30.7 Å². The highest BCUT2D eigenvalue weighted by molar-refractivity contribution is 5.65. The van der Waals surface area contributed by atoms with E-state index in [4.69, 9.17) is 0 Å². The minimum absolute atomic E-state index is 0.0398. The van der Waals surface area contributed by atoms with Crippen molar-refractivity contribution in [1.29, 1.82) is 0 Å². The van der Waals surface area contributed by atoms with Crippen molar-refractivity contribution in [2.24, 2.45) is 5.92 Å². The molecule has 2 aromatic rings. The van der Waals surface area contributed by atoms with E-state index in [-0.39, 0.29) is 16.7 Å². The first-order valence-corrected chi connectivity index (χ1v) is 9.86. The number of halogens is 3. The first kappa shape index (κ1) is 19.7. The number of allylic oxidation sites excluding steroid dienone is 2. The van der Waals surface area contributed by atoms with Crippen LogP contribution in [0.25, 0.3) is 11.1 Å². The summed E-state index contributed by atoms with van der Waals surface area (Å²) in [6.45, 7) is 3.43. The summed E-state index contributed by atoms with van der Waals surface area (Å²) in [5, 5.41) is 0. The van der Waals surface area contributed by atoms with Gasteiger partial charge < -0.3 is 0 Å². The molecule has 0 atom stereocenters. The molecule has 0 nitrogen and oxygen atoms in total. The molecule has 0 saturated heterocycles. The van der Waals surface area contributed by atoms with Crippen LogP contribution in [0, 0.1) is 30.3 Å². The summed E-state index contributed by atoms with van der Waals surface area (Å²) in [5.41, 5.74) is 1.45. The minimum atomic E-state index is -0.648. The predicted molar refractivity (Wildman–Crippen MR) is 105 cm³/mol. The predicted octanol–water partition coefficient (Wildman–Crippen LogP) is 7.71. The Bertz CT molecular complexity index is 791. The molecule has 27 heavy (non-hydrogen) atoms. The van der Waals surface area contributed by atoms with Crippen LogP contribution in [0.2, 0.25) is 0 Å². The lowest BCUT2D eigenvalue weighted by Crippen LogP contribution is -2.13. The number of hydrogen-bond acceptors (Lipinski definition) is 0. The Labute approximate surface area is 160 Å². The zero-order chi connectivity index (χ0) is 19.4. The van der Waals surface area contributed by atoms with Crippen LogP contribution in [0.3, 0.4) is 0 Å². The smallest absolute Gasteiger partial charge is 0.131 e. The summed E-state index contributed by atoms with van der Waals surface area (Å²) in [6, 6.07) is 7.53. The molecule has 144 valence electrons. The van der Waals surface area contributed by atoms with Crippen molar-refractivity contribution in [1.82, 2.24) is 0 Å². The van der Waals surface area contributed by atoms with E-state index < -0.39 is 17.5 Å². The Kier molecular flexibility index (Phi) is 6.41. The van der Waals surface area contributed by atoms with Gasteiger partial charge in [-0.2, -0.15) is 0 Å². The van der Waals surface area contributed by atoms with Gasteiger partial charge in [0.15, 0.2) is 0 Å². The second kappa shape index (κ2) is 8.77. The molecule has 0 aliphatic heterocycles. The molecule has 3 heteroatoms. The molecule has 1 aliphatic carbocycles. The van der Waals surface area contributed by atoms with Crippen LogP contribution in [0.5, 0.6) is 0 Å². The number of rotatable bonds is 5. The average Bonchev–Trinajstić information content (AvgIpc) is 2.66. The molecule has 0 spiro atoms. The van der Waals surface area contributed by atoms with Gasteiger partial charge in [0.1, 0.15) is 17.5 Å². The van der Waals surface area contributed by atoms with Crippen molar-refractivity contribution in [3.8, 4) is 11.1 Å². The maximum Gasteiger partial charge on any atom is 0.131 e. The average molecular weight is 372 g/mol. The molecular formula is C24H27F3. The third-order valence-electron chi connectivity index (χ3n) is 5.88. The Morgan fingerprint density at radius 2 is 1.59 bits per heavy atom. The van der Waals surface area contributed by atoms with Crippen molar-refractivity contribution in [2.45, 2.75) is 58.3 Å². The summed E-state index contributed by atoms with van der Waals surface area (Å²) in [7, 11) is 0. The molecule has 3 rings (SSSR count). The van der Waals surface area contributed by atoms with Crippen LogP contribution in [-0.2, 0) is 0 Å². The van der Waals surface area contributed by atoms with E-state index in [0.29, 0.717) is 5.92 Å². The topological polar surface area (TPSA) is 0 Å². The molecule has 1 aliphatic rings. The lowest BCUT2D eigenvalue weighted by Gasteiger charge is -2.28. The van der Waals surface area contributed by atoms with Crippen LogP contribution < -0.4 is 0 Å². The summed E-state index contributed by atoms with van der Waals surface area (Å²) in [5.74, 6) is -0.571. The first-order valence-electron chi connectivity index (χ1n) is 9.86. The Morgan fingerprint density at radius 3 is 2.19 bits per heavy atom. The van der Waals surface area contributed by atoms with Crippen LogP contribution in [-0.4, -0.2) is 0 Å². The fraction of sp³-hybridized carbons (Fsp3) is 0.417. The lowest BCUT2D eigenvalue weighted by atomic mass is 9.77. The maximum absolute atomic E-state index is 14.7. The first-order chi connectivity index (χ1) is 13.0. The molecule has 0 unspecified atom stereocenters. The molecule has 0 N–H and O–H groups in total. The van der Waals surface area contributed by atoms with Crippen molar-refractivity contribution in [3.05, 3.63) is 71.1 Å². The van der Waals surface area contributed by atoms with E-state index in [1.54, 1.807) is 12.1 Å². The molecule has 0 heterocycles.